The summed E-state index contributed by atoms with van der Waals surface area (Å²) in [6.07, 6.45) is 0. The van der Waals surface area contributed by atoms with Crippen LogP contribution in [-0.4, -0.2) is 4.98 Å². The number of benzene rings is 1. The van der Waals surface area contributed by atoms with Crippen molar-refractivity contribution in [3.63, 3.8) is 0 Å². The fourth-order valence-electron chi connectivity index (χ4n) is 1.66. The molecule has 2 N–H and O–H groups in total. The van der Waals surface area contributed by atoms with Gasteiger partial charge in [-0.05, 0) is 26.0 Å². The molecule has 0 aliphatic carbocycles. The minimum Gasteiger partial charge on any atom is -0.485 e. The molecule has 0 aliphatic heterocycles. The number of aromatic nitrogens is 1. The van der Waals surface area contributed by atoms with Crippen molar-refractivity contribution in [1.29, 1.82) is 0 Å². The van der Waals surface area contributed by atoms with Crippen LogP contribution in [0.5, 0.6) is 5.75 Å². The molecule has 0 atom stereocenters. The Morgan fingerprint density at radius 2 is 2.05 bits per heavy atom. The lowest BCUT2D eigenvalue weighted by molar-refractivity contribution is 0.302. The van der Waals surface area contributed by atoms with Crippen molar-refractivity contribution in [1.82, 2.24) is 4.98 Å². The third kappa shape index (κ3) is 3.39. The Hall–Kier alpha value is -0.810. The second-order valence-electron chi connectivity index (χ2n) is 4.12. The molecule has 0 saturated carbocycles. The SMILES string of the molecule is Cc1nc(COc2c(Cl)cc(Cl)cc2CN)sc1C. The maximum absolute atomic E-state index is 6.13. The first kappa shape index (κ1) is 14.6. The van der Waals surface area contributed by atoms with Crippen LogP contribution in [-0.2, 0) is 13.2 Å². The normalized spacial score (nSPS) is 10.8. The summed E-state index contributed by atoms with van der Waals surface area (Å²) in [6, 6.07) is 3.41. The largest absolute Gasteiger partial charge is 0.485 e. The van der Waals surface area contributed by atoms with E-state index in [4.69, 9.17) is 33.7 Å². The Balaban J connectivity index is 2.19. The molecule has 2 aromatic rings. The van der Waals surface area contributed by atoms with Gasteiger partial charge in [0.25, 0.3) is 0 Å². The van der Waals surface area contributed by atoms with Crippen molar-refractivity contribution >= 4 is 34.5 Å². The molecule has 0 spiro atoms. The number of aryl methyl sites for hydroxylation is 2. The predicted octanol–water partition coefficient (Wildman–Crippen LogP) is 4.10. The van der Waals surface area contributed by atoms with E-state index in [2.05, 4.69) is 4.98 Å². The van der Waals surface area contributed by atoms with Gasteiger partial charge in [-0.25, -0.2) is 4.98 Å². The summed E-state index contributed by atoms with van der Waals surface area (Å²) in [5.74, 6) is 0.582. The standard InChI is InChI=1S/C13H14Cl2N2OS/c1-7-8(2)19-12(17-7)6-18-13-9(5-16)3-10(14)4-11(13)15/h3-4H,5-6,16H2,1-2H3. The zero-order valence-electron chi connectivity index (χ0n) is 10.7. The molecule has 0 bridgehead atoms. The molecule has 0 radical (unpaired) electrons. The van der Waals surface area contributed by atoms with Gasteiger partial charge in [0.05, 0.1) is 10.7 Å². The van der Waals surface area contributed by atoms with Crippen molar-refractivity contribution in [3.05, 3.63) is 43.3 Å². The number of hydrogen-bond donors (Lipinski definition) is 1. The van der Waals surface area contributed by atoms with E-state index in [-0.39, 0.29) is 0 Å². The fraction of sp³-hybridized carbons (Fsp3) is 0.308. The lowest BCUT2D eigenvalue weighted by Crippen LogP contribution is -2.03. The van der Waals surface area contributed by atoms with E-state index >= 15 is 0 Å². The van der Waals surface area contributed by atoms with Crippen LogP contribution in [0.15, 0.2) is 12.1 Å². The van der Waals surface area contributed by atoms with Gasteiger partial charge in [-0.2, -0.15) is 0 Å². The smallest absolute Gasteiger partial charge is 0.143 e. The van der Waals surface area contributed by atoms with E-state index in [1.807, 2.05) is 13.8 Å². The summed E-state index contributed by atoms with van der Waals surface area (Å²) in [5, 5.41) is 1.95. The van der Waals surface area contributed by atoms with E-state index in [0.717, 1.165) is 16.3 Å². The van der Waals surface area contributed by atoms with Crippen LogP contribution in [0.25, 0.3) is 0 Å². The highest BCUT2D eigenvalue weighted by molar-refractivity contribution is 7.11. The van der Waals surface area contributed by atoms with E-state index in [9.17, 15) is 0 Å². The Morgan fingerprint density at radius 1 is 1.32 bits per heavy atom. The maximum Gasteiger partial charge on any atom is 0.143 e. The lowest BCUT2D eigenvalue weighted by Gasteiger charge is -2.11. The van der Waals surface area contributed by atoms with Crippen molar-refractivity contribution in [3.8, 4) is 5.75 Å². The molecule has 3 nitrogen and oxygen atoms in total. The maximum atomic E-state index is 6.13. The first-order valence-electron chi connectivity index (χ1n) is 5.75. The fourth-order valence-corrected chi connectivity index (χ4v) is 3.10. The molecule has 0 fully saturated rings. The number of nitrogens with two attached hydrogens (primary N) is 1. The number of hydrogen-bond acceptors (Lipinski definition) is 4. The lowest BCUT2D eigenvalue weighted by atomic mass is 10.2. The quantitative estimate of drug-likeness (QED) is 0.923. The Bertz CT molecular complexity index is 579. The summed E-state index contributed by atoms with van der Waals surface area (Å²) in [4.78, 5) is 5.62. The summed E-state index contributed by atoms with van der Waals surface area (Å²) in [7, 11) is 0. The third-order valence-corrected chi connectivity index (χ3v) is 4.26. The Morgan fingerprint density at radius 3 is 2.63 bits per heavy atom. The van der Waals surface area contributed by atoms with Crippen LogP contribution < -0.4 is 10.5 Å². The molecule has 1 heterocycles. The van der Waals surface area contributed by atoms with Gasteiger partial charge in [0.15, 0.2) is 0 Å². The monoisotopic (exact) mass is 316 g/mol. The second-order valence-corrected chi connectivity index (χ2v) is 6.25. The molecule has 0 amide bonds. The number of nitrogens with zero attached hydrogens (tertiary/aromatic N) is 1. The van der Waals surface area contributed by atoms with E-state index < -0.39 is 0 Å². The number of ether oxygens (including phenoxy) is 1. The van der Waals surface area contributed by atoms with Gasteiger partial charge in [0.2, 0.25) is 0 Å². The third-order valence-electron chi connectivity index (χ3n) is 2.72. The Kier molecular flexibility index (Phi) is 4.68. The van der Waals surface area contributed by atoms with E-state index in [0.29, 0.717) is 28.9 Å². The first-order valence-corrected chi connectivity index (χ1v) is 7.32. The number of rotatable bonds is 4. The summed E-state index contributed by atoms with van der Waals surface area (Å²) < 4.78 is 5.75. The summed E-state index contributed by atoms with van der Waals surface area (Å²) in [6.45, 7) is 4.73. The molecule has 0 aliphatic rings. The number of thiazole rings is 1. The summed E-state index contributed by atoms with van der Waals surface area (Å²) >= 11 is 13.7. The van der Waals surface area contributed by atoms with Crippen molar-refractivity contribution in [2.45, 2.75) is 27.0 Å². The van der Waals surface area contributed by atoms with Gasteiger partial charge in [-0.15, -0.1) is 11.3 Å². The highest BCUT2D eigenvalue weighted by atomic mass is 35.5. The molecule has 2 rings (SSSR count). The van der Waals surface area contributed by atoms with Crippen molar-refractivity contribution in [2.75, 3.05) is 0 Å². The van der Waals surface area contributed by atoms with E-state index in [1.165, 1.54) is 4.88 Å². The van der Waals surface area contributed by atoms with Crippen LogP contribution in [0.3, 0.4) is 0 Å². The van der Waals surface area contributed by atoms with Crippen LogP contribution in [0.2, 0.25) is 10.0 Å². The molecule has 1 aromatic carbocycles. The van der Waals surface area contributed by atoms with Crippen molar-refractivity contribution in [2.24, 2.45) is 5.73 Å². The number of halogens is 2. The van der Waals surface area contributed by atoms with Crippen LogP contribution in [0.1, 0.15) is 21.1 Å². The molecule has 19 heavy (non-hydrogen) atoms. The Labute approximate surface area is 126 Å². The van der Waals surface area contributed by atoms with Gasteiger partial charge in [-0.3, -0.25) is 0 Å². The van der Waals surface area contributed by atoms with Crippen LogP contribution in [0.4, 0.5) is 0 Å². The molecule has 102 valence electrons. The van der Waals surface area contributed by atoms with E-state index in [1.54, 1.807) is 23.5 Å². The molecule has 1 aromatic heterocycles. The molecule has 0 saturated heterocycles. The zero-order chi connectivity index (χ0) is 14.0. The van der Waals surface area contributed by atoms with Crippen LogP contribution in [0, 0.1) is 13.8 Å². The van der Waals surface area contributed by atoms with Gasteiger partial charge in [-0.1, -0.05) is 23.2 Å². The molecular weight excluding hydrogens is 303 g/mol. The molecule has 0 unspecified atom stereocenters. The van der Waals surface area contributed by atoms with Gasteiger partial charge in [0.1, 0.15) is 17.4 Å². The zero-order valence-corrected chi connectivity index (χ0v) is 13.0. The molecular formula is C13H14Cl2N2OS. The second kappa shape index (κ2) is 6.09. The van der Waals surface area contributed by atoms with Crippen LogP contribution >= 0.6 is 34.5 Å². The predicted molar refractivity (Wildman–Crippen MR) is 80.3 cm³/mol. The first-order chi connectivity index (χ1) is 9.01. The molecule has 6 heteroatoms. The summed E-state index contributed by atoms with van der Waals surface area (Å²) in [5.41, 5.74) is 7.50. The average molecular weight is 317 g/mol. The topological polar surface area (TPSA) is 48.1 Å². The highest BCUT2D eigenvalue weighted by Crippen LogP contribution is 2.33. The highest BCUT2D eigenvalue weighted by Gasteiger charge is 2.11. The minimum absolute atomic E-state index is 0.325. The van der Waals surface area contributed by atoms with Gasteiger partial charge >= 0.3 is 0 Å². The average Bonchev–Trinajstić information content (AvgIpc) is 2.66. The van der Waals surface area contributed by atoms with Crippen molar-refractivity contribution < 1.29 is 4.74 Å². The van der Waals surface area contributed by atoms with Gasteiger partial charge in [0, 0.05) is 22.0 Å². The van der Waals surface area contributed by atoms with Gasteiger partial charge < -0.3 is 10.5 Å². The minimum atomic E-state index is 0.325.